The van der Waals surface area contributed by atoms with Crippen LogP contribution in [0, 0.1) is 5.92 Å². The first-order valence-electron chi connectivity index (χ1n) is 5.58. The second kappa shape index (κ2) is 5.27. The van der Waals surface area contributed by atoms with Gasteiger partial charge < -0.3 is 15.2 Å². The van der Waals surface area contributed by atoms with Crippen LogP contribution in [-0.2, 0) is 19.1 Å². The van der Waals surface area contributed by atoms with Crippen molar-refractivity contribution in [1.82, 2.24) is 5.32 Å². The predicted molar refractivity (Wildman–Crippen MR) is 58.2 cm³/mol. The van der Waals surface area contributed by atoms with E-state index in [4.69, 9.17) is 9.84 Å². The molecule has 17 heavy (non-hydrogen) atoms. The number of carboxylic acid groups (broad SMARTS) is 1. The Morgan fingerprint density at radius 1 is 1.47 bits per heavy atom. The maximum atomic E-state index is 11.7. The summed E-state index contributed by atoms with van der Waals surface area (Å²) >= 11 is 0. The normalized spacial score (nSPS) is 25.3. The number of carbonyl (C=O) groups excluding carboxylic acids is 2. The lowest BCUT2D eigenvalue weighted by atomic mass is 10.0. The van der Waals surface area contributed by atoms with Crippen LogP contribution >= 0.6 is 0 Å². The van der Waals surface area contributed by atoms with Crippen molar-refractivity contribution in [2.75, 3.05) is 6.54 Å². The summed E-state index contributed by atoms with van der Waals surface area (Å²) in [5.74, 6) is -3.32. The van der Waals surface area contributed by atoms with Gasteiger partial charge in [0.05, 0.1) is 12.3 Å². The third kappa shape index (κ3) is 3.52. The van der Waals surface area contributed by atoms with Crippen molar-refractivity contribution < 1.29 is 24.2 Å². The minimum Gasteiger partial charge on any atom is -0.481 e. The van der Waals surface area contributed by atoms with Crippen molar-refractivity contribution in [2.45, 2.75) is 38.6 Å². The molecule has 0 spiro atoms. The Balaban J connectivity index is 2.50. The zero-order valence-electron chi connectivity index (χ0n) is 9.99. The molecular weight excluding hydrogens is 226 g/mol. The molecule has 0 amide bonds. The molecule has 1 rings (SSSR count). The number of carbonyl (C=O) groups is 3. The number of aliphatic carboxylic acids is 1. The summed E-state index contributed by atoms with van der Waals surface area (Å²) in [7, 11) is 0. The van der Waals surface area contributed by atoms with Gasteiger partial charge in [-0.3, -0.25) is 9.59 Å². The van der Waals surface area contributed by atoms with Gasteiger partial charge in [-0.1, -0.05) is 6.92 Å². The molecule has 0 aromatic heterocycles. The van der Waals surface area contributed by atoms with E-state index in [1.54, 1.807) is 6.92 Å². The second-order valence-electron chi connectivity index (χ2n) is 4.57. The van der Waals surface area contributed by atoms with Crippen molar-refractivity contribution in [3.05, 3.63) is 0 Å². The van der Waals surface area contributed by atoms with Crippen LogP contribution in [-0.4, -0.2) is 35.1 Å². The van der Waals surface area contributed by atoms with Crippen LogP contribution in [0.2, 0.25) is 0 Å². The van der Waals surface area contributed by atoms with Gasteiger partial charge in [0.15, 0.2) is 0 Å². The first-order valence-corrected chi connectivity index (χ1v) is 5.58. The molecule has 0 bridgehead atoms. The molecule has 2 N–H and O–H groups in total. The lowest BCUT2D eigenvalue weighted by molar-refractivity contribution is -0.167. The van der Waals surface area contributed by atoms with Gasteiger partial charge in [0.1, 0.15) is 5.54 Å². The van der Waals surface area contributed by atoms with Crippen LogP contribution in [0.5, 0.6) is 0 Å². The van der Waals surface area contributed by atoms with E-state index < -0.39 is 29.4 Å². The summed E-state index contributed by atoms with van der Waals surface area (Å²) in [6.45, 7) is 3.82. The van der Waals surface area contributed by atoms with Gasteiger partial charge >= 0.3 is 17.9 Å². The summed E-state index contributed by atoms with van der Waals surface area (Å²) in [4.78, 5) is 33.6. The molecule has 1 aliphatic rings. The number of hydrogen-bond donors (Lipinski definition) is 2. The van der Waals surface area contributed by atoms with Crippen LogP contribution in [0.1, 0.15) is 33.1 Å². The van der Waals surface area contributed by atoms with Crippen LogP contribution in [0.4, 0.5) is 0 Å². The van der Waals surface area contributed by atoms with Crippen molar-refractivity contribution in [3.8, 4) is 0 Å². The first kappa shape index (κ1) is 13.6. The molecule has 1 unspecified atom stereocenters. The molecule has 2 atom stereocenters. The minimum atomic E-state index is -1.09. The molecule has 0 aliphatic carbocycles. The van der Waals surface area contributed by atoms with Gasteiger partial charge in [-0.15, -0.1) is 0 Å². The zero-order chi connectivity index (χ0) is 13.1. The van der Waals surface area contributed by atoms with E-state index >= 15 is 0 Å². The lowest BCUT2D eigenvalue weighted by Crippen LogP contribution is -2.46. The zero-order valence-corrected chi connectivity index (χ0v) is 9.99. The van der Waals surface area contributed by atoms with E-state index in [9.17, 15) is 14.4 Å². The number of esters is 2. The predicted octanol–water partition coefficient (Wildman–Crippen LogP) is 0.309. The van der Waals surface area contributed by atoms with Crippen molar-refractivity contribution in [3.63, 3.8) is 0 Å². The molecule has 0 radical (unpaired) electrons. The molecule has 0 saturated carbocycles. The van der Waals surface area contributed by atoms with Crippen molar-refractivity contribution >= 4 is 17.9 Å². The monoisotopic (exact) mass is 243 g/mol. The Kier molecular flexibility index (Phi) is 4.22. The standard InChI is InChI=1S/C11H17NO5/c1-7(6-8(13)14)9(15)17-10(16)11(2)4-3-5-12-11/h7,12H,3-6H2,1-2H3,(H,13,14)/t7?,11-/m0/s1. The Labute approximate surface area is 99.3 Å². The van der Waals surface area contributed by atoms with Gasteiger partial charge in [-0.2, -0.15) is 0 Å². The molecule has 1 aliphatic heterocycles. The quantitative estimate of drug-likeness (QED) is 0.545. The van der Waals surface area contributed by atoms with Gasteiger partial charge in [-0.25, -0.2) is 4.79 Å². The van der Waals surface area contributed by atoms with E-state index in [1.165, 1.54) is 6.92 Å². The smallest absolute Gasteiger partial charge is 0.333 e. The lowest BCUT2D eigenvalue weighted by Gasteiger charge is -2.21. The fourth-order valence-corrected chi connectivity index (χ4v) is 1.72. The summed E-state index contributed by atoms with van der Waals surface area (Å²) < 4.78 is 4.70. The van der Waals surface area contributed by atoms with Gasteiger partial charge in [0.25, 0.3) is 0 Å². The van der Waals surface area contributed by atoms with E-state index in [0.717, 1.165) is 6.42 Å². The average molecular weight is 243 g/mol. The first-order chi connectivity index (χ1) is 7.85. The molecule has 0 aromatic carbocycles. The Bertz CT molecular complexity index is 333. The molecular formula is C11H17NO5. The van der Waals surface area contributed by atoms with E-state index in [2.05, 4.69) is 5.32 Å². The third-order valence-electron chi connectivity index (χ3n) is 2.90. The third-order valence-corrected chi connectivity index (χ3v) is 2.90. The summed E-state index contributed by atoms with van der Waals surface area (Å²) in [6, 6.07) is 0. The average Bonchev–Trinajstić information content (AvgIpc) is 2.65. The molecule has 1 heterocycles. The molecule has 1 saturated heterocycles. The highest BCUT2D eigenvalue weighted by molar-refractivity contribution is 5.92. The van der Waals surface area contributed by atoms with E-state index in [-0.39, 0.29) is 6.42 Å². The Hall–Kier alpha value is -1.43. The van der Waals surface area contributed by atoms with Crippen LogP contribution in [0.3, 0.4) is 0 Å². The Morgan fingerprint density at radius 2 is 2.12 bits per heavy atom. The number of ether oxygens (including phenoxy) is 1. The number of nitrogens with one attached hydrogen (secondary N) is 1. The minimum absolute atomic E-state index is 0.337. The fourth-order valence-electron chi connectivity index (χ4n) is 1.72. The van der Waals surface area contributed by atoms with Gasteiger partial charge in [-0.05, 0) is 26.3 Å². The SMILES string of the molecule is CC(CC(=O)O)C(=O)OC(=O)[C@]1(C)CCCN1. The highest BCUT2D eigenvalue weighted by Gasteiger charge is 2.39. The van der Waals surface area contributed by atoms with Crippen LogP contribution in [0.25, 0.3) is 0 Å². The summed E-state index contributed by atoms with van der Waals surface area (Å²) in [6.07, 6.45) is 1.13. The number of rotatable bonds is 4. The highest BCUT2D eigenvalue weighted by Crippen LogP contribution is 2.20. The fraction of sp³-hybridized carbons (Fsp3) is 0.727. The summed E-state index contributed by atoms with van der Waals surface area (Å²) in [5.41, 5.74) is -0.821. The summed E-state index contributed by atoms with van der Waals surface area (Å²) in [5, 5.41) is 11.5. The largest absolute Gasteiger partial charge is 0.481 e. The van der Waals surface area contributed by atoms with Crippen molar-refractivity contribution in [2.24, 2.45) is 5.92 Å². The molecule has 6 nitrogen and oxygen atoms in total. The van der Waals surface area contributed by atoms with Crippen LogP contribution in [0.15, 0.2) is 0 Å². The van der Waals surface area contributed by atoms with E-state index in [0.29, 0.717) is 13.0 Å². The maximum absolute atomic E-state index is 11.7. The topological polar surface area (TPSA) is 92.7 Å². The van der Waals surface area contributed by atoms with E-state index in [1.807, 2.05) is 0 Å². The second-order valence-corrected chi connectivity index (χ2v) is 4.57. The number of hydrogen-bond acceptors (Lipinski definition) is 5. The molecule has 96 valence electrons. The maximum Gasteiger partial charge on any atom is 0.333 e. The van der Waals surface area contributed by atoms with Gasteiger partial charge in [0, 0.05) is 0 Å². The van der Waals surface area contributed by atoms with Crippen molar-refractivity contribution in [1.29, 1.82) is 0 Å². The van der Waals surface area contributed by atoms with Gasteiger partial charge in [0.2, 0.25) is 0 Å². The molecule has 0 aromatic rings. The highest BCUT2D eigenvalue weighted by atomic mass is 16.6. The number of carboxylic acids is 1. The van der Waals surface area contributed by atoms with Crippen LogP contribution < -0.4 is 5.32 Å². The molecule has 1 fully saturated rings. The molecule has 6 heteroatoms. The Morgan fingerprint density at radius 3 is 2.59 bits per heavy atom.